The number of amides is 1. The Hall–Kier alpha value is -2.33. The highest BCUT2D eigenvalue weighted by Gasteiger charge is 2.30. The van der Waals surface area contributed by atoms with Crippen molar-refractivity contribution in [1.29, 1.82) is 0 Å². The molecule has 1 amide bonds. The van der Waals surface area contributed by atoms with Crippen LogP contribution in [-0.2, 0) is 14.8 Å². The predicted molar refractivity (Wildman–Crippen MR) is 99.3 cm³/mol. The number of tetrazole rings is 1. The number of nitrogens with one attached hydrogen (secondary N) is 1. The number of piperidine rings is 1. The average Bonchev–Trinajstić information content (AvgIpc) is 3.38. The van der Waals surface area contributed by atoms with Crippen LogP contribution in [-0.4, -0.2) is 58.2 Å². The zero-order valence-electron chi connectivity index (χ0n) is 15.1. The largest absolute Gasteiger partial charge is 0.326 e. The average molecular weight is 390 g/mol. The molecular formula is C17H22N6O3S. The first-order valence-corrected chi connectivity index (χ1v) is 10.9. The number of anilines is 1. The van der Waals surface area contributed by atoms with Crippen LogP contribution >= 0.6 is 0 Å². The minimum atomic E-state index is -3.27. The zero-order chi connectivity index (χ0) is 19.0. The van der Waals surface area contributed by atoms with Gasteiger partial charge in [0.25, 0.3) is 0 Å². The highest BCUT2D eigenvalue weighted by atomic mass is 32.2. The molecule has 1 unspecified atom stereocenters. The smallest absolute Gasteiger partial charge is 0.228 e. The molecule has 144 valence electrons. The number of rotatable bonds is 5. The molecule has 1 atom stereocenters. The fourth-order valence-corrected chi connectivity index (χ4v) is 4.26. The standard InChI is InChI=1S/C17H22N6O3S/c1-27(25,26)22-10-2-3-13(11-22)17(24)18-14-6-4-12(5-7-14)16-19-20-21-23(16)15-8-9-15/h4-7,13,15H,2-3,8-11H2,1H3,(H,18,24). The Morgan fingerprint density at radius 2 is 1.93 bits per heavy atom. The number of hydrogen-bond donors (Lipinski definition) is 1. The van der Waals surface area contributed by atoms with E-state index >= 15 is 0 Å². The summed E-state index contributed by atoms with van der Waals surface area (Å²) >= 11 is 0. The van der Waals surface area contributed by atoms with Crippen LogP contribution in [0.25, 0.3) is 11.4 Å². The van der Waals surface area contributed by atoms with E-state index in [0.717, 1.165) is 24.2 Å². The molecule has 1 aromatic carbocycles. The fraction of sp³-hybridized carbons (Fsp3) is 0.529. The van der Waals surface area contributed by atoms with Gasteiger partial charge >= 0.3 is 0 Å². The van der Waals surface area contributed by atoms with Crippen LogP contribution in [0.3, 0.4) is 0 Å². The summed E-state index contributed by atoms with van der Waals surface area (Å²) in [5, 5.41) is 14.8. The first kappa shape index (κ1) is 18.1. The summed E-state index contributed by atoms with van der Waals surface area (Å²) in [6.45, 7) is 0.714. The Kier molecular flexibility index (Phi) is 4.68. The van der Waals surface area contributed by atoms with Crippen molar-refractivity contribution in [3.63, 3.8) is 0 Å². The molecule has 1 N–H and O–H groups in total. The lowest BCUT2D eigenvalue weighted by Crippen LogP contribution is -2.43. The van der Waals surface area contributed by atoms with Crippen molar-refractivity contribution in [3.8, 4) is 11.4 Å². The van der Waals surface area contributed by atoms with Gasteiger partial charge in [-0.15, -0.1) is 5.10 Å². The number of nitrogens with zero attached hydrogens (tertiary/aromatic N) is 5. The second kappa shape index (κ2) is 7.01. The molecule has 0 bridgehead atoms. The fourth-order valence-electron chi connectivity index (χ4n) is 3.35. The number of aromatic nitrogens is 4. The lowest BCUT2D eigenvalue weighted by Gasteiger charge is -2.30. The summed E-state index contributed by atoms with van der Waals surface area (Å²) in [5.41, 5.74) is 1.57. The Labute approximate surface area is 157 Å². The van der Waals surface area contributed by atoms with E-state index in [9.17, 15) is 13.2 Å². The summed E-state index contributed by atoms with van der Waals surface area (Å²) in [6.07, 6.45) is 4.75. The van der Waals surface area contributed by atoms with Crippen molar-refractivity contribution >= 4 is 21.6 Å². The summed E-state index contributed by atoms with van der Waals surface area (Å²) in [4.78, 5) is 12.5. The van der Waals surface area contributed by atoms with E-state index in [4.69, 9.17) is 0 Å². The van der Waals surface area contributed by atoms with E-state index in [0.29, 0.717) is 31.1 Å². The number of carbonyl (C=O) groups is 1. The topological polar surface area (TPSA) is 110 Å². The van der Waals surface area contributed by atoms with Crippen LogP contribution in [0.15, 0.2) is 24.3 Å². The molecule has 1 aliphatic carbocycles. The minimum Gasteiger partial charge on any atom is -0.326 e. The van der Waals surface area contributed by atoms with Crippen molar-refractivity contribution in [2.75, 3.05) is 24.7 Å². The van der Waals surface area contributed by atoms with Gasteiger partial charge in [0.05, 0.1) is 18.2 Å². The normalized spacial score (nSPS) is 21.1. The van der Waals surface area contributed by atoms with Crippen molar-refractivity contribution in [2.24, 2.45) is 5.92 Å². The van der Waals surface area contributed by atoms with Crippen molar-refractivity contribution in [1.82, 2.24) is 24.5 Å². The third kappa shape index (κ3) is 4.01. The van der Waals surface area contributed by atoms with Gasteiger partial charge in [0.2, 0.25) is 15.9 Å². The second-order valence-electron chi connectivity index (χ2n) is 7.20. The van der Waals surface area contributed by atoms with Crippen LogP contribution in [0.4, 0.5) is 5.69 Å². The molecular weight excluding hydrogens is 368 g/mol. The Bertz CT molecular complexity index is 936. The quantitative estimate of drug-likeness (QED) is 0.824. The lowest BCUT2D eigenvalue weighted by atomic mass is 9.98. The van der Waals surface area contributed by atoms with Gasteiger partial charge in [0.15, 0.2) is 5.82 Å². The highest BCUT2D eigenvalue weighted by molar-refractivity contribution is 7.88. The maximum absolute atomic E-state index is 12.5. The van der Waals surface area contributed by atoms with Gasteiger partial charge < -0.3 is 5.32 Å². The van der Waals surface area contributed by atoms with Gasteiger partial charge in [0, 0.05) is 24.3 Å². The Morgan fingerprint density at radius 1 is 1.19 bits per heavy atom. The molecule has 9 nitrogen and oxygen atoms in total. The van der Waals surface area contributed by atoms with E-state index in [2.05, 4.69) is 20.8 Å². The molecule has 10 heteroatoms. The predicted octanol–water partition coefficient (Wildman–Crippen LogP) is 1.29. The molecule has 0 spiro atoms. The van der Waals surface area contributed by atoms with Crippen LogP contribution in [0.1, 0.15) is 31.7 Å². The summed E-state index contributed by atoms with van der Waals surface area (Å²) in [5.74, 6) is 0.237. The maximum atomic E-state index is 12.5. The maximum Gasteiger partial charge on any atom is 0.228 e. The van der Waals surface area contributed by atoms with Crippen LogP contribution < -0.4 is 5.32 Å². The monoisotopic (exact) mass is 390 g/mol. The molecule has 0 radical (unpaired) electrons. The van der Waals surface area contributed by atoms with Gasteiger partial charge in [0.1, 0.15) is 0 Å². The summed E-state index contributed by atoms with van der Waals surface area (Å²) in [6, 6.07) is 7.78. The van der Waals surface area contributed by atoms with Gasteiger partial charge in [-0.25, -0.2) is 17.4 Å². The first-order chi connectivity index (χ1) is 12.9. The zero-order valence-corrected chi connectivity index (χ0v) is 15.9. The summed E-state index contributed by atoms with van der Waals surface area (Å²) in [7, 11) is -3.27. The number of hydrogen-bond acceptors (Lipinski definition) is 6. The van der Waals surface area contributed by atoms with E-state index in [-0.39, 0.29) is 18.4 Å². The first-order valence-electron chi connectivity index (χ1n) is 9.06. The highest BCUT2D eigenvalue weighted by Crippen LogP contribution is 2.36. The Morgan fingerprint density at radius 3 is 2.59 bits per heavy atom. The molecule has 2 aromatic rings. The second-order valence-corrected chi connectivity index (χ2v) is 9.19. The van der Waals surface area contributed by atoms with E-state index in [1.165, 1.54) is 10.6 Å². The molecule has 1 aliphatic heterocycles. The SMILES string of the molecule is CS(=O)(=O)N1CCCC(C(=O)Nc2ccc(-c3nnnn3C3CC3)cc2)C1. The van der Waals surface area contributed by atoms with E-state index in [1.807, 2.05) is 28.9 Å². The van der Waals surface area contributed by atoms with Gasteiger partial charge in [-0.3, -0.25) is 4.79 Å². The van der Waals surface area contributed by atoms with Crippen molar-refractivity contribution in [2.45, 2.75) is 31.7 Å². The molecule has 2 heterocycles. The third-order valence-electron chi connectivity index (χ3n) is 5.02. The van der Waals surface area contributed by atoms with Crippen LogP contribution in [0, 0.1) is 5.92 Å². The van der Waals surface area contributed by atoms with Crippen molar-refractivity contribution in [3.05, 3.63) is 24.3 Å². The molecule has 2 fully saturated rings. The third-order valence-corrected chi connectivity index (χ3v) is 6.29. The molecule has 1 saturated carbocycles. The Balaban J connectivity index is 1.42. The van der Waals surface area contributed by atoms with E-state index in [1.54, 1.807) is 0 Å². The van der Waals surface area contributed by atoms with E-state index < -0.39 is 10.0 Å². The minimum absolute atomic E-state index is 0.154. The molecule has 27 heavy (non-hydrogen) atoms. The number of benzene rings is 1. The van der Waals surface area contributed by atoms with Gasteiger partial charge in [-0.05, 0) is 60.4 Å². The van der Waals surface area contributed by atoms with Gasteiger partial charge in [-0.2, -0.15) is 0 Å². The number of carbonyl (C=O) groups excluding carboxylic acids is 1. The van der Waals surface area contributed by atoms with Crippen molar-refractivity contribution < 1.29 is 13.2 Å². The molecule has 2 aliphatic rings. The molecule has 1 saturated heterocycles. The molecule has 4 rings (SSSR count). The van der Waals surface area contributed by atoms with Crippen LogP contribution in [0.2, 0.25) is 0 Å². The summed E-state index contributed by atoms with van der Waals surface area (Å²) < 4.78 is 26.7. The van der Waals surface area contributed by atoms with Gasteiger partial charge in [-0.1, -0.05) is 0 Å². The lowest BCUT2D eigenvalue weighted by molar-refractivity contribution is -0.120. The van der Waals surface area contributed by atoms with Crippen LogP contribution in [0.5, 0.6) is 0 Å². The molecule has 1 aromatic heterocycles. The number of sulfonamides is 1.